The third-order valence-electron chi connectivity index (χ3n) is 5.65. The SMILES string of the molecule is CCN(C(=O)c1ccc(NCC(=O)Nc2ccc(C(=O)NCc3ccco3)cc2)cc1)c1ccccc1. The second kappa shape index (κ2) is 12.2. The van der Waals surface area contributed by atoms with E-state index in [0.29, 0.717) is 35.7 Å². The van der Waals surface area contributed by atoms with Gasteiger partial charge >= 0.3 is 0 Å². The van der Waals surface area contributed by atoms with Crippen molar-refractivity contribution in [2.24, 2.45) is 0 Å². The Labute approximate surface area is 215 Å². The molecule has 0 saturated carbocycles. The van der Waals surface area contributed by atoms with Crippen LogP contribution >= 0.6 is 0 Å². The van der Waals surface area contributed by atoms with Crippen LogP contribution in [0.3, 0.4) is 0 Å². The Hall–Kier alpha value is -4.85. The molecule has 4 aromatic rings. The number of nitrogens with one attached hydrogen (secondary N) is 3. The lowest BCUT2D eigenvalue weighted by Gasteiger charge is -2.21. The first-order chi connectivity index (χ1) is 18.0. The molecule has 0 fully saturated rings. The number of rotatable bonds is 10. The highest BCUT2D eigenvalue weighted by Gasteiger charge is 2.16. The second-order valence-corrected chi connectivity index (χ2v) is 8.20. The van der Waals surface area contributed by atoms with Gasteiger partial charge in [0.15, 0.2) is 0 Å². The number of hydrogen-bond donors (Lipinski definition) is 3. The Balaban J connectivity index is 1.25. The predicted octanol–water partition coefficient (Wildman–Crippen LogP) is 4.93. The van der Waals surface area contributed by atoms with Gasteiger partial charge in [0.2, 0.25) is 5.91 Å². The Morgan fingerprint density at radius 2 is 1.46 bits per heavy atom. The maximum absolute atomic E-state index is 12.9. The van der Waals surface area contributed by atoms with Crippen molar-refractivity contribution >= 4 is 34.8 Å². The Bertz CT molecular complexity index is 1320. The second-order valence-electron chi connectivity index (χ2n) is 8.20. The monoisotopic (exact) mass is 496 g/mol. The van der Waals surface area contributed by atoms with E-state index in [4.69, 9.17) is 4.42 Å². The number of anilines is 3. The number of para-hydroxylation sites is 1. The van der Waals surface area contributed by atoms with E-state index in [0.717, 1.165) is 11.4 Å². The van der Waals surface area contributed by atoms with Crippen LogP contribution in [0.15, 0.2) is 102 Å². The van der Waals surface area contributed by atoms with Gasteiger partial charge in [0.25, 0.3) is 11.8 Å². The van der Waals surface area contributed by atoms with Gasteiger partial charge in [0.05, 0.1) is 19.4 Å². The van der Waals surface area contributed by atoms with Gasteiger partial charge in [0.1, 0.15) is 5.76 Å². The van der Waals surface area contributed by atoms with Gasteiger partial charge in [-0.2, -0.15) is 0 Å². The van der Waals surface area contributed by atoms with Crippen LogP contribution < -0.4 is 20.9 Å². The molecule has 0 aliphatic rings. The Morgan fingerprint density at radius 1 is 0.784 bits per heavy atom. The van der Waals surface area contributed by atoms with Gasteiger partial charge in [-0.1, -0.05) is 18.2 Å². The van der Waals surface area contributed by atoms with Crippen LogP contribution in [0.25, 0.3) is 0 Å². The summed E-state index contributed by atoms with van der Waals surface area (Å²) in [5.41, 5.74) is 3.19. The molecule has 4 rings (SSSR count). The molecule has 0 unspecified atom stereocenters. The van der Waals surface area contributed by atoms with Crippen molar-refractivity contribution < 1.29 is 18.8 Å². The number of nitrogens with zero attached hydrogens (tertiary/aromatic N) is 1. The topological polar surface area (TPSA) is 104 Å². The fraction of sp³-hybridized carbons (Fsp3) is 0.138. The molecule has 3 aromatic carbocycles. The Kier molecular flexibility index (Phi) is 8.33. The highest BCUT2D eigenvalue weighted by atomic mass is 16.3. The molecule has 0 bridgehead atoms. The average molecular weight is 497 g/mol. The highest BCUT2D eigenvalue weighted by molar-refractivity contribution is 6.06. The van der Waals surface area contributed by atoms with Crippen molar-refractivity contribution in [3.8, 4) is 0 Å². The summed E-state index contributed by atoms with van der Waals surface area (Å²) in [4.78, 5) is 39.3. The lowest BCUT2D eigenvalue weighted by atomic mass is 10.1. The molecule has 1 aromatic heterocycles. The highest BCUT2D eigenvalue weighted by Crippen LogP contribution is 2.18. The minimum absolute atomic E-state index is 0.0454. The summed E-state index contributed by atoms with van der Waals surface area (Å²) in [6.07, 6.45) is 1.55. The molecular formula is C29H28N4O4. The van der Waals surface area contributed by atoms with Crippen LogP contribution in [0.2, 0.25) is 0 Å². The maximum atomic E-state index is 12.9. The van der Waals surface area contributed by atoms with Crippen molar-refractivity contribution in [2.45, 2.75) is 13.5 Å². The van der Waals surface area contributed by atoms with E-state index in [-0.39, 0.29) is 24.3 Å². The Morgan fingerprint density at radius 3 is 2.11 bits per heavy atom. The summed E-state index contributed by atoms with van der Waals surface area (Å²) in [5.74, 6) is 0.109. The zero-order valence-electron chi connectivity index (χ0n) is 20.4. The van der Waals surface area contributed by atoms with Crippen LogP contribution in [0.5, 0.6) is 0 Å². The summed E-state index contributed by atoms with van der Waals surface area (Å²) in [6, 6.07) is 26.7. The van der Waals surface area contributed by atoms with E-state index < -0.39 is 0 Å². The van der Waals surface area contributed by atoms with Gasteiger partial charge < -0.3 is 25.3 Å². The zero-order chi connectivity index (χ0) is 26.0. The molecule has 8 heteroatoms. The van der Waals surface area contributed by atoms with Gasteiger partial charge in [-0.15, -0.1) is 0 Å². The standard InChI is InChI=1S/C29H28N4O4/c1-2-33(25-7-4-3-5-8-25)29(36)22-12-14-23(15-13-22)30-20-27(34)32-24-16-10-21(11-17-24)28(35)31-19-26-9-6-18-37-26/h3-18,30H,2,19-20H2,1H3,(H,31,35)(H,32,34). The van der Waals surface area contributed by atoms with E-state index in [1.165, 1.54) is 0 Å². The van der Waals surface area contributed by atoms with Crippen LogP contribution in [0, 0.1) is 0 Å². The van der Waals surface area contributed by atoms with E-state index >= 15 is 0 Å². The molecule has 1 heterocycles. The summed E-state index contributed by atoms with van der Waals surface area (Å²) in [7, 11) is 0. The van der Waals surface area contributed by atoms with Crippen molar-refractivity contribution in [3.05, 3.63) is 114 Å². The molecule has 37 heavy (non-hydrogen) atoms. The van der Waals surface area contributed by atoms with E-state index in [1.54, 1.807) is 71.8 Å². The van der Waals surface area contributed by atoms with Crippen molar-refractivity contribution in [3.63, 3.8) is 0 Å². The summed E-state index contributed by atoms with van der Waals surface area (Å²) >= 11 is 0. The van der Waals surface area contributed by atoms with Crippen LogP contribution in [0.4, 0.5) is 17.1 Å². The molecule has 3 amide bonds. The number of furan rings is 1. The summed E-state index contributed by atoms with van der Waals surface area (Å²) in [6.45, 7) is 2.84. The van der Waals surface area contributed by atoms with Crippen LogP contribution in [-0.4, -0.2) is 30.8 Å². The largest absolute Gasteiger partial charge is 0.467 e. The number of hydrogen-bond acceptors (Lipinski definition) is 5. The third-order valence-corrected chi connectivity index (χ3v) is 5.65. The molecule has 0 saturated heterocycles. The lowest BCUT2D eigenvalue weighted by molar-refractivity contribution is -0.114. The number of benzene rings is 3. The van der Waals surface area contributed by atoms with Crippen LogP contribution in [-0.2, 0) is 11.3 Å². The maximum Gasteiger partial charge on any atom is 0.258 e. The fourth-order valence-corrected chi connectivity index (χ4v) is 3.71. The average Bonchev–Trinajstić information content (AvgIpc) is 3.46. The molecular weight excluding hydrogens is 468 g/mol. The molecule has 188 valence electrons. The number of carbonyl (C=O) groups is 3. The molecule has 8 nitrogen and oxygen atoms in total. The minimum Gasteiger partial charge on any atom is -0.467 e. The first-order valence-corrected chi connectivity index (χ1v) is 11.9. The summed E-state index contributed by atoms with van der Waals surface area (Å²) in [5, 5.41) is 8.62. The van der Waals surface area contributed by atoms with Gasteiger partial charge in [0, 0.05) is 34.7 Å². The minimum atomic E-state index is -0.239. The lowest BCUT2D eigenvalue weighted by Crippen LogP contribution is -2.30. The van der Waals surface area contributed by atoms with Crippen LogP contribution in [0.1, 0.15) is 33.4 Å². The van der Waals surface area contributed by atoms with Crippen molar-refractivity contribution in [1.29, 1.82) is 0 Å². The van der Waals surface area contributed by atoms with E-state index in [9.17, 15) is 14.4 Å². The molecule has 0 aliphatic heterocycles. The molecule has 0 atom stereocenters. The van der Waals surface area contributed by atoms with Crippen molar-refractivity contribution in [2.75, 3.05) is 28.6 Å². The smallest absolute Gasteiger partial charge is 0.258 e. The quantitative estimate of drug-likeness (QED) is 0.289. The van der Waals surface area contributed by atoms with E-state index in [1.807, 2.05) is 37.3 Å². The number of carbonyl (C=O) groups excluding carboxylic acids is 3. The van der Waals surface area contributed by atoms with Crippen molar-refractivity contribution in [1.82, 2.24) is 5.32 Å². The normalized spacial score (nSPS) is 10.4. The fourth-order valence-electron chi connectivity index (χ4n) is 3.71. The zero-order valence-corrected chi connectivity index (χ0v) is 20.4. The van der Waals surface area contributed by atoms with Gasteiger partial charge in [-0.25, -0.2) is 0 Å². The first-order valence-electron chi connectivity index (χ1n) is 11.9. The predicted molar refractivity (Wildman–Crippen MR) is 144 cm³/mol. The third kappa shape index (κ3) is 6.85. The first kappa shape index (κ1) is 25.2. The molecule has 0 spiro atoms. The molecule has 0 radical (unpaired) electrons. The van der Waals surface area contributed by atoms with Gasteiger partial charge in [-0.05, 0) is 79.7 Å². The summed E-state index contributed by atoms with van der Waals surface area (Å²) < 4.78 is 5.20. The molecule has 0 aliphatic carbocycles. The van der Waals surface area contributed by atoms with Gasteiger partial charge in [-0.3, -0.25) is 14.4 Å². The molecule has 3 N–H and O–H groups in total. The van der Waals surface area contributed by atoms with E-state index in [2.05, 4.69) is 16.0 Å². The number of amides is 3.